The smallest absolute Gasteiger partial charge is 0.0634 e. The Morgan fingerprint density at radius 1 is 0.947 bits per heavy atom. The Kier molecular flexibility index (Phi) is 4.00. The molecular weight excluding hydrogens is 232 g/mol. The number of hydrogen-bond donors (Lipinski definition) is 0. The Bertz CT molecular complexity index is 580. The van der Waals surface area contributed by atoms with E-state index in [1.165, 1.54) is 16.8 Å². The molecule has 0 saturated heterocycles. The minimum absolute atomic E-state index is 0.992. The summed E-state index contributed by atoms with van der Waals surface area (Å²) in [6.07, 6.45) is 0. The molecule has 2 nitrogen and oxygen atoms in total. The van der Waals surface area contributed by atoms with Crippen molar-refractivity contribution in [2.75, 3.05) is 19.0 Å². The van der Waals surface area contributed by atoms with Gasteiger partial charge >= 0.3 is 0 Å². The van der Waals surface area contributed by atoms with Crippen LogP contribution in [0.1, 0.15) is 18.1 Å². The van der Waals surface area contributed by atoms with Gasteiger partial charge in [-0.1, -0.05) is 24.3 Å². The molecule has 0 N–H and O–H groups in total. The maximum Gasteiger partial charge on any atom is 0.0634 e. The van der Waals surface area contributed by atoms with Gasteiger partial charge in [0.25, 0.3) is 0 Å². The summed E-state index contributed by atoms with van der Waals surface area (Å²) in [7, 11) is 4.08. The molecule has 0 heterocycles. The van der Waals surface area contributed by atoms with Crippen molar-refractivity contribution < 1.29 is 0 Å². The zero-order chi connectivity index (χ0) is 13.8. The number of nitrogens with zero attached hydrogens (tertiary/aromatic N) is 2. The second kappa shape index (κ2) is 5.70. The lowest BCUT2D eigenvalue weighted by atomic mass is 10.1. The molecule has 0 radical (unpaired) electrons. The number of benzene rings is 2. The Morgan fingerprint density at radius 3 is 2.16 bits per heavy atom. The number of anilines is 1. The zero-order valence-electron chi connectivity index (χ0n) is 12.0. The van der Waals surface area contributed by atoms with Crippen LogP contribution < -0.4 is 4.90 Å². The third kappa shape index (κ3) is 3.22. The van der Waals surface area contributed by atoms with Crippen molar-refractivity contribution in [1.29, 1.82) is 0 Å². The van der Waals surface area contributed by atoms with E-state index >= 15 is 0 Å². The van der Waals surface area contributed by atoms with Gasteiger partial charge in [0.05, 0.1) is 5.69 Å². The van der Waals surface area contributed by atoms with Crippen LogP contribution in [-0.4, -0.2) is 19.8 Å². The molecule has 0 aliphatic rings. The summed E-state index contributed by atoms with van der Waals surface area (Å²) >= 11 is 0. The topological polar surface area (TPSA) is 15.6 Å². The van der Waals surface area contributed by atoms with Crippen LogP contribution in [-0.2, 0) is 0 Å². The normalized spacial score (nSPS) is 11.5. The highest BCUT2D eigenvalue weighted by atomic mass is 15.1. The molecule has 19 heavy (non-hydrogen) atoms. The van der Waals surface area contributed by atoms with Crippen molar-refractivity contribution in [1.82, 2.24) is 0 Å². The van der Waals surface area contributed by atoms with E-state index in [9.17, 15) is 0 Å². The third-order valence-corrected chi connectivity index (χ3v) is 3.20. The fourth-order valence-corrected chi connectivity index (χ4v) is 2.06. The van der Waals surface area contributed by atoms with Crippen LogP contribution in [0.3, 0.4) is 0 Å². The Labute approximate surface area is 115 Å². The van der Waals surface area contributed by atoms with Gasteiger partial charge in [-0.15, -0.1) is 0 Å². The molecule has 0 aliphatic heterocycles. The molecule has 2 heteroatoms. The summed E-state index contributed by atoms with van der Waals surface area (Å²) in [4.78, 5) is 6.77. The molecule has 0 bridgehead atoms. The molecule has 0 unspecified atom stereocenters. The van der Waals surface area contributed by atoms with Gasteiger partial charge in [-0.25, -0.2) is 0 Å². The highest BCUT2D eigenvalue weighted by Gasteiger charge is 2.01. The third-order valence-electron chi connectivity index (χ3n) is 3.20. The zero-order valence-corrected chi connectivity index (χ0v) is 12.0. The molecule has 98 valence electrons. The van der Waals surface area contributed by atoms with Crippen LogP contribution in [0.2, 0.25) is 0 Å². The maximum absolute atomic E-state index is 4.69. The van der Waals surface area contributed by atoms with E-state index in [1.807, 2.05) is 14.1 Å². The first-order valence-corrected chi connectivity index (χ1v) is 6.46. The largest absolute Gasteiger partial charge is 0.378 e. The first-order valence-electron chi connectivity index (χ1n) is 6.46. The average molecular weight is 252 g/mol. The SMILES string of the molecule is CC(=Nc1ccc(N(C)C)cc1)c1ccccc1C. The molecular formula is C17H20N2. The van der Waals surface area contributed by atoms with E-state index in [1.54, 1.807) is 0 Å². The van der Waals surface area contributed by atoms with Gasteiger partial charge in [-0.05, 0) is 49.2 Å². The van der Waals surface area contributed by atoms with Gasteiger partial charge in [0, 0.05) is 25.5 Å². The van der Waals surface area contributed by atoms with Gasteiger partial charge in [-0.2, -0.15) is 0 Å². The highest BCUT2D eigenvalue weighted by Crippen LogP contribution is 2.20. The van der Waals surface area contributed by atoms with Crippen molar-refractivity contribution in [3.8, 4) is 0 Å². The first kappa shape index (κ1) is 13.3. The van der Waals surface area contributed by atoms with Crippen molar-refractivity contribution >= 4 is 17.1 Å². The minimum Gasteiger partial charge on any atom is -0.378 e. The second-order valence-electron chi connectivity index (χ2n) is 4.92. The summed E-state index contributed by atoms with van der Waals surface area (Å²) in [5.41, 5.74) is 5.70. The lowest BCUT2D eigenvalue weighted by molar-refractivity contribution is 1.13. The maximum atomic E-state index is 4.69. The van der Waals surface area contributed by atoms with Crippen LogP contribution in [0.15, 0.2) is 53.5 Å². The van der Waals surface area contributed by atoms with E-state index in [4.69, 9.17) is 0 Å². The van der Waals surface area contributed by atoms with E-state index < -0.39 is 0 Å². The molecule has 0 amide bonds. The fourth-order valence-electron chi connectivity index (χ4n) is 2.06. The van der Waals surface area contributed by atoms with Gasteiger partial charge in [-0.3, -0.25) is 4.99 Å². The average Bonchev–Trinajstić information content (AvgIpc) is 2.39. The second-order valence-corrected chi connectivity index (χ2v) is 4.92. The van der Waals surface area contributed by atoms with Gasteiger partial charge in [0.1, 0.15) is 0 Å². The van der Waals surface area contributed by atoms with Crippen molar-refractivity contribution in [2.24, 2.45) is 4.99 Å². The summed E-state index contributed by atoms with van der Waals surface area (Å²) < 4.78 is 0. The minimum atomic E-state index is 0.992. The molecule has 2 aromatic carbocycles. The van der Waals surface area contributed by atoms with Crippen LogP contribution in [0, 0.1) is 6.92 Å². The predicted molar refractivity (Wildman–Crippen MR) is 83.8 cm³/mol. The van der Waals surface area contributed by atoms with Crippen LogP contribution in [0.5, 0.6) is 0 Å². The molecule has 2 rings (SSSR count). The predicted octanol–water partition coefficient (Wildman–Crippen LogP) is 4.20. The standard InChI is InChI=1S/C17H20N2/c1-13-7-5-6-8-17(13)14(2)18-15-9-11-16(12-10-15)19(3)4/h5-12H,1-4H3. The van der Waals surface area contributed by atoms with Crippen molar-refractivity contribution in [3.63, 3.8) is 0 Å². The number of rotatable bonds is 3. The van der Waals surface area contributed by atoms with E-state index in [0.29, 0.717) is 0 Å². The lowest BCUT2D eigenvalue weighted by Gasteiger charge is -2.12. The Balaban J connectivity index is 2.28. The van der Waals surface area contributed by atoms with Gasteiger partial charge in [0.2, 0.25) is 0 Å². The van der Waals surface area contributed by atoms with Gasteiger partial charge < -0.3 is 4.90 Å². The lowest BCUT2D eigenvalue weighted by Crippen LogP contribution is -2.07. The molecule has 0 fully saturated rings. The van der Waals surface area contributed by atoms with E-state index in [-0.39, 0.29) is 0 Å². The fraction of sp³-hybridized carbons (Fsp3) is 0.235. The molecule has 2 aromatic rings. The van der Waals surface area contributed by atoms with E-state index in [2.05, 4.69) is 72.3 Å². The number of aliphatic imine (C=N–C) groups is 1. The molecule has 0 saturated carbocycles. The molecule has 0 aromatic heterocycles. The van der Waals surface area contributed by atoms with Crippen molar-refractivity contribution in [2.45, 2.75) is 13.8 Å². The molecule has 0 atom stereocenters. The number of hydrogen-bond acceptors (Lipinski definition) is 2. The van der Waals surface area contributed by atoms with Crippen LogP contribution in [0.4, 0.5) is 11.4 Å². The Morgan fingerprint density at radius 2 is 1.58 bits per heavy atom. The van der Waals surface area contributed by atoms with Crippen LogP contribution in [0.25, 0.3) is 0 Å². The molecule has 0 aliphatic carbocycles. The number of aryl methyl sites for hydroxylation is 1. The first-order chi connectivity index (χ1) is 9.08. The Hall–Kier alpha value is -2.09. The summed E-state index contributed by atoms with van der Waals surface area (Å²) in [5.74, 6) is 0. The monoisotopic (exact) mass is 252 g/mol. The van der Waals surface area contributed by atoms with Crippen molar-refractivity contribution in [3.05, 3.63) is 59.7 Å². The molecule has 0 spiro atoms. The summed E-state index contributed by atoms with van der Waals surface area (Å²) in [5, 5.41) is 0. The quantitative estimate of drug-likeness (QED) is 0.747. The van der Waals surface area contributed by atoms with E-state index in [0.717, 1.165) is 11.4 Å². The summed E-state index contributed by atoms with van der Waals surface area (Å²) in [6.45, 7) is 4.17. The highest BCUT2D eigenvalue weighted by molar-refractivity contribution is 6.01. The van der Waals surface area contributed by atoms with Crippen LogP contribution >= 0.6 is 0 Å². The summed E-state index contributed by atoms with van der Waals surface area (Å²) in [6, 6.07) is 16.6. The van der Waals surface area contributed by atoms with Gasteiger partial charge in [0.15, 0.2) is 0 Å².